The van der Waals surface area contributed by atoms with Crippen molar-refractivity contribution in [1.82, 2.24) is 0 Å². The molecule has 26 heavy (non-hydrogen) atoms. The summed E-state index contributed by atoms with van der Waals surface area (Å²) in [6.07, 6.45) is 20.1. The van der Waals surface area contributed by atoms with Crippen molar-refractivity contribution in [2.45, 2.75) is 102 Å². The Hall–Kier alpha value is 0.480. The summed E-state index contributed by atoms with van der Waals surface area (Å²) in [4.78, 5) is 0.829. The third-order valence-corrected chi connectivity index (χ3v) is 11.3. The summed E-state index contributed by atoms with van der Waals surface area (Å²) in [5.74, 6) is 8.62. The predicted octanol–water partition coefficient (Wildman–Crippen LogP) is 7.85. The highest BCUT2D eigenvalue weighted by Crippen LogP contribution is 2.64. The average molecular weight is 422 g/mol. The van der Waals surface area contributed by atoms with E-state index in [1.54, 1.807) is 51.4 Å². The molecule has 0 aromatic rings. The minimum atomic E-state index is 0.636. The number of alkyl halides is 1. The van der Waals surface area contributed by atoms with Gasteiger partial charge in [0.15, 0.2) is 0 Å². The fourth-order valence-corrected chi connectivity index (χ4v) is 9.94. The van der Waals surface area contributed by atoms with E-state index in [1.165, 1.54) is 32.1 Å². The van der Waals surface area contributed by atoms with E-state index < -0.39 is 0 Å². The summed E-state index contributed by atoms with van der Waals surface area (Å²) in [6, 6.07) is 0. The van der Waals surface area contributed by atoms with E-state index in [0.29, 0.717) is 5.41 Å². The smallest absolute Gasteiger partial charge is 0.0148 e. The van der Waals surface area contributed by atoms with Crippen LogP contribution in [0.15, 0.2) is 0 Å². The van der Waals surface area contributed by atoms with Crippen molar-refractivity contribution in [1.29, 1.82) is 0 Å². The summed E-state index contributed by atoms with van der Waals surface area (Å²) in [6.45, 7) is 5.35. The van der Waals surface area contributed by atoms with Gasteiger partial charge in [0.25, 0.3) is 0 Å². The zero-order valence-electron chi connectivity index (χ0n) is 17.3. The number of hydrogen-bond acceptors (Lipinski definition) is 0. The van der Waals surface area contributed by atoms with E-state index in [2.05, 4.69) is 29.8 Å². The van der Waals surface area contributed by atoms with Crippen molar-refractivity contribution in [3.8, 4) is 0 Å². The van der Waals surface area contributed by atoms with E-state index in [1.807, 2.05) is 0 Å². The number of fused-ring (bicyclic) bond motifs is 4. The molecule has 5 aliphatic carbocycles. The van der Waals surface area contributed by atoms with Gasteiger partial charge in [0, 0.05) is 4.83 Å². The summed E-state index contributed by atoms with van der Waals surface area (Å²) in [5.41, 5.74) is 0.636. The molecule has 0 saturated heterocycles. The van der Waals surface area contributed by atoms with Gasteiger partial charge in [0.05, 0.1) is 0 Å². The monoisotopic (exact) mass is 420 g/mol. The molecule has 0 aromatic carbocycles. The van der Waals surface area contributed by atoms with Gasteiger partial charge in [-0.3, -0.25) is 0 Å². The second kappa shape index (κ2) is 7.07. The molecule has 5 aliphatic rings. The molecule has 8 unspecified atom stereocenters. The molecule has 0 bridgehead atoms. The normalized spacial score (nSPS) is 53.4. The third kappa shape index (κ3) is 3.05. The lowest BCUT2D eigenvalue weighted by Crippen LogP contribution is -2.38. The molecule has 148 valence electrons. The van der Waals surface area contributed by atoms with Gasteiger partial charge in [-0.2, -0.15) is 0 Å². The first-order valence-corrected chi connectivity index (χ1v) is 13.1. The molecule has 0 radical (unpaired) electrons. The summed E-state index contributed by atoms with van der Waals surface area (Å²) < 4.78 is 0. The third-order valence-electron chi connectivity index (χ3n) is 10.5. The molecule has 0 aromatic heterocycles. The highest BCUT2D eigenvalue weighted by atomic mass is 79.9. The molecule has 0 nitrogen and oxygen atoms in total. The van der Waals surface area contributed by atoms with Crippen LogP contribution in [0.4, 0.5) is 0 Å². The number of halogens is 1. The minimum absolute atomic E-state index is 0.636. The second-order valence-electron chi connectivity index (χ2n) is 11.7. The Morgan fingerprint density at radius 2 is 1.23 bits per heavy atom. The van der Waals surface area contributed by atoms with Crippen molar-refractivity contribution < 1.29 is 0 Å². The average Bonchev–Trinajstić information content (AvgIpc) is 2.89. The fourth-order valence-electron chi connectivity index (χ4n) is 9.19. The van der Waals surface area contributed by atoms with Gasteiger partial charge in [-0.1, -0.05) is 42.6 Å². The van der Waals surface area contributed by atoms with Crippen LogP contribution in [0.3, 0.4) is 0 Å². The Bertz CT molecular complexity index is 510. The Labute approximate surface area is 170 Å². The Kier molecular flexibility index (Phi) is 5.03. The van der Waals surface area contributed by atoms with Crippen LogP contribution in [0.25, 0.3) is 0 Å². The molecule has 0 N–H and O–H groups in total. The van der Waals surface area contributed by atoms with Crippen LogP contribution < -0.4 is 0 Å². The maximum Gasteiger partial charge on any atom is 0.0148 e. The maximum absolute atomic E-state index is 3.95. The standard InChI is InChI=1S/C25H41Br/c1-25(2)23-6-4-3-5-21(23)22-12-10-18(15-24(22)25)17-8-7-16-9-11-20(26)14-19(16)13-17/h16-24H,3-15H2,1-2H3/t16-,17?,18?,19?,20?,21?,22?,23?,24?/m1/s1. The van der Waals surface area contributed by atoms with Crippen molar-refractivity contribution in [3.63, 3.8) is 0 Å². The molecule has 5 fully saturated rings. The van der Waals surface area contributed by atoms with Crippen molar-refractivity contribution in [2.24, 2.45) is 52.8 Å². The minimum Gasteiger partial charge on any atom is -0.0891 e. The Morgan fingerprint density at radius 3 is 2.12 bits per heavy atom. The van der Waals surface area contributed by atoms with Gasteiger partial charge in [-0.25, -0.2) is 0 Å². The number of rotatable bonds is 1. The molecular formula is C25H41Br. The van der Waals surface area contributed by atoms with Gasteiger partial charge in [0.1, 0.15) is 0 Å². The molecule has 1 heteroatoms. The van der Waals surface area contributed by atoms with Crippen LogP contribution in [-0.4, -0.2) is 4.83 Å². The van der Waals surface area contributed by atoms with E-state index >= 15 is 0 Å². The van der Waals surface area contributed by atoms with Crippen molar-refractivity contribution in [2.75, 3.05) is 0 Å². The first-order chi connectivity index (χ1) is 12.5. The lowest BCUT2D eigenvalue weighted by Gasteiger charge is -2.47. The quantitative estimate of drug-likeness (QED) is 0.378. The molecule has 0 aliphatic heterocycles. The SMILES string of the molecule is CC1(C)C2CCCCC2C2CCC(C3CC[C@@H]4CCC(Br)CC4C3)CC21. The van der Waals surface area contributed by atoms with Gasteiger partial charge in [-0.15, -0.1) is 0 Å². The van der Waals surface area contributed by atoms with E-state index in [9.17, 15) is 0 Å². The molecule has 0 amide bonds. The van der Waals surface area contributed by atoms with Crippen LogP contribution in [-0.2, 0) is 0 Å². The van der Waals surface area contributed by atoms with Gasteiger partial charge in [-0.05, 0) is 123 Å². The molecule has 0 heterocycles. The van der Waals surface area contributed by atoms with Crippen molar-refractivity contribution in [3.05, 3.63) is 0 Å². The fraction of sp³-hybridized carbons (Fsp3) is 1.00. The van der Waals surface area contributed by atoms with Crippen LogP contribution in [0, 0.1) is 52.8 Å². The molecule has 5 rings (SSSR count). The first kappa shape index (κ1) is 18.5. The van der Waals surface area contributed by atoms with Crippen LogP contribution in [0.5, 0.6) is 0 Å². The largest absolute Gasteiger partial charge is 0.0891 e. The molecule has 5 saturated carbocycles. The predicted molar refractivity (Wildman–Crippen MR) is 114 cm³/mol. The van der Waals surface area contributed by atoms with Gasteiger partial charge < -0.3 is 0 Å². The lowest BCUT2D eigenvalue weighted by molar-refractivity contribution is 0.0396. The highest BCUT2D eigenvalue weighted by molar-refractivity contribution is 9.09. The zero-order chi connectivity index (χ0) is 17.9. The van der Waals surface area contributed by atoms with E-state index in [4.69, 9.17) is 0 Å². The molecular weight excluding hydrogens is 380 g/mol. The van der Waals surface area contributed by atoms with Crippen LogP contribution in [0.1, 0.15) is 97.3 Å². The van der Waals surface area contributed by atoms with Crippen LogP contribution in [0.2, 0.25) is 0 Å². The van der Waals surface area contributed by atoms with Crippen molar-refractivity contribution >= 4 is 15.9 Å². The Morgan fingerprint density at radius 1 is 0.577 bits per heavy atom. The van der Waals surface area contributed by atoms with E-state index in [-0.39, 0.29) is 0 Å². The summed E-state index contributed by atoms with van der Waals surface area (Å²) in [5, 5.41) is 0. The number of hydrogen-bond donors (Lipinski definition) is 0. The first-order valence-electron chi connectivity index (χ1n) is 12.2. The topological polar surface area (TPSA) is 0 Å². The van der Waals surface area contributed by atoms with Crippen LogP contribution >= 0.6 is 15.9 Å². The summed E-state index contributed by atoms with van der Waals surface area (Å²) >= 11 is 3.95. The lowest BCUT2D eigenvalue weighted by atomic mass is 9.59. The highest BCUT2D eigenvalue weighted by Gasteiger charge is 2.57. The maximum atomic E-state index is 3.95. The van der Waals surface area contributed by atoms with E-state index in [0.717, 1.165) is 52.2 Å². The van der Waals surface area contributed by atoms with Gasteiger partial charge in [0.2, 0.25) is 0 Å². The second-order valence-corrected chi connectivity index (χ2v) is 13.0. The summed E-state index contributed by atoms with van der Waals surface area (Å²) in [7, 11) is 0. The molecule has 9 atom stereocenters. The van der Waals surface area contributed by atoms with Gasteiger partial charge >= 0.3 is 0 Å². The molecule has 0 spiro atoms. The zero-order valence-corrected chi connectivity index (χ0v) is 18.9. The Balaban J connectivity index is 1.28.